The van der Waals surface area contributed by atoms with Gasteiger partial charge in [-0.3, -0.25) is 0 Å². The van der Waals surface area contributed by atoms with E-state index in [0.29, 0.717) is 11.5 Å². The lowest BCUT2D eigenvalue weighted by Gasteiger charge is -2.18. The van der Waals surface area contributed by atoms with Gasteiger partial charge in [0.25, 0.3) is 0 Å². The third-order valence-electron chi connectivity index (χ3n) is 2.68. The highest BCUT2D eigenvalue weighted by molar-refractivity contribution is 5.61. The van der Waals surface area contributed by atoms with Crippen molar-refractivity contribution in [1.29, 1.82) is 5.26 Å². The van der Waals surface area contributed by atoms with E-state index in [2.05, 4.69) is 21.4 Å². The molecule has 5 nitrogen and oxygen atoms in total. The molecule has 2 rings (SSSR count). The molecule has 19 heavy (non-hydrogen) atoms. The SMILES string of the molecule is CCNc1nccc(N(C)c2cccc(C#N)c2)n1. The maximum absolute atomic E-state index is 8.92. The predicted octanol–water partition coefficient (Wildman–Crippen LogP) is 2.55. The highest BCUT2D eigenvalue weighted by Crippen LogP contribution is 2.22. The summed E-state index contributed by atoms with van der Waals surface area (Å²) in [4.78, 5) is 10.5. The van der Waals surface area contributed by atoms with E-state index in [-0.39, 0.29) is 0 Å². The van der Waals surface area contributed by atoms with Crippen molar-refractivity contribution < 1.29 is 0 Å². The van der Waals surface area contributed by atoms with Crippen molar-refractivity contribution in [2.45, 2.75) is 6.92 Å². The van der Waals surface area contributed by atoms with E-state index in [1.54, 1.807) is 12.3 Å². The van der Waals surface area contributed by atoms with E-state index in [1.165, 1.54) is 0 Å². The van der Waals surface area contributed by atoms with Crippen LogP contribution in [0, 0.1) is 11.3 Å². The van der Waals surface area contributed by atoms with E-state index in [0.717, 1.165) is 18.1 Å². The second-order valence-electron chi connectivity index (χ2n) is 3.99. The molecule has 0 atom stereocenters. The van der Waals surface area contributed by atoms with Crippen molar-refractivity contribution in [1.82, 2.24) is 9.97 Å². The van der Waals surface area contributed by atoms with Crippen LogP contribution in [-0.2, 0) is 0 Å². The topological polar surface area (TPSA) is 64.8 Å². The van der Waals surface area contributed by atoms with Gasteiger partial charge in [-0.25, -0.2) is 4.98 Å². The fourth-order valence-electron chi connectivity index (χ4n) is 1.70. The zero-order valence-corrected chi connectivity index (χ0v) is 11.0. The maximum atomic E-state index is 8.92. The zero-order valence-electron chi connectivity index (χ0n) is 11.0. The Hall–Kier alpha value is -2.61. The molecule has 5 heteroatoms. The van der Waals surface area contributed by atoms with Crippen LogP contribution in [-0.4, -0.2) is 23.6 Å². The Morgan fingerprint density at radius 2 is 2.21 bits per heavy atom. The zero-order chi connectivity index (χ0) is 13.7. The van der Waals surface area contributed by atoms with Gasteiger partial charge >= 0.3 is 0 Å². The first-order valence-corrected chi connectivity index (χ1v) is 6.05. The van der Waals surface area contributed by atoms with Gasteiger partial charge < -0.3 is 10.2 Å². The van der Waals surface area contributed by atoms with Gasteiger partial charge in [0.2, 0.25) is 5.95 Å². The molecule has 0 unspecified atom stereocenters. The standard InChI is InChI=1S/C14H15N5/c1-3-16-14-17-8-7-13(18-14)19(2)12-6-4-5-11(9-12)10-15/h4-9H,3H2,1-2H3,(H,16,17,18). The number of nitrogens with zero attached hydrogens (tertiary/aromatic N) is 4. The molecule has 0 saturated carbocycles. The summed E-state index contributed by atoms with van der Waals surface area (Å²) in [5.74, 6) is 1.38. The Labute approximate surface area is 112 Å². The lowest BCUT2D eigenvalue weighted by atomic mass is 10.2. The smallest absolute Gasteiger partial charge is 0.224 e. The third kappa shape index (κ3) is 2.99. The average Bonchev–Trinajstić information content (AvgIpc) is 2.47. The van der Waals surface area contributed by atoms with Crippen molar-refractivity contribution in [3.63, 3.8) is 0 Å². The van der Waals surface area contributed by atoms with Gasteiger partial charge in [-0.1, -0.05) is 6.07 Å². The molecule has 0 radical (unpaired) electrons. The van der Waals surface area contributed by atoms with Crippen molar-refractivity contribution in [3.05, 3.63) is 42.1 Å². The van der Waals surface area contributed by atoms with Crippen LogP contribution in [0.4, 0.5) is 17.5 Å². The van der Waals surface area contributed by atoms with Crippen LogP contribution in [0.15, 0.2) is 36.5 Å². The number of anilines is 3. The fourth-order valence-corrected chi connectivity index (χ4v) is 1.70. The van der Waals surface area contributed by atoms with E-state index in [4.69, 9.17) is 5.26 Å². The predicted molar refractivity (Wildman–Crippen MR) is 75.4 cm³/mol. The number of nitriles is 1. The first-order valence-electron chi connectivity index (χ1n) is 6.05. The first-order chi connectivity index (χ1) is 9.24. The second-order valence-corrected chi connectivity index (χ2v) is 3.99. The Morgan fingerprint density at radius 1 is 1.37 bits per heavy atom. The summed E-state index contributed by atoms with van der Waals surface area (Å²) in [5, 5.41) is 12.0. The number of nitrogens with one attached hydrogen (secondary N) is 1. The van der Waals surface area contributed by atoms with E-state index < -0.39 is 0 Å². The largest absolute Gasteiger partial charge is 0.354 e. The quantitative estimate of drug-likeness (QED) is 0.907. The van der Waals surface area contributed by atoms with Crippen molar-refractivity contribution in [2.24, 2.45) is 0 Å². The molecule has 0 bridgehead atoms. The molecule has 0 spiro atoms. The number of hydrogen-bond donors (Lipinski definition) is 1. The molecule has 0 aliphatic heterocycles. The highest BCUT2D eigenvalue weighted by Gasteiger charge is 2.07. The molecule has 1 N–H and O–H groups in total. The van der Waals surface area contributed by atoms with Gasteiger partial charge in [0.05, 0.1) is 11.6 Å². The summed E-state index contributed by atoms with van der Waals surface area (Å²) in [7, 11) is 1.91. The summed E-state index contributed by atoms with van der Waals surface area (Å²) in [6.07, 6.45) is 1.71. The molecule has 1 heterocycles. The van der Waals surface area contributed by atoms with Crippen LogP contribution in [0.2, 0.25) is 0 Å². The van der Waals surface area contributed by atoms with Gasteiger partial charge in [-0.15, -0.1) is 0 Å². The fraction of sp³-hybridized carbons (Fsp3) is 0.214. The van der Waals surface area contributed by atoms with Gasteiger partial charge in [-0.2, -0.15) is 10.2 Å². The van der Waals surface area contributed by atoms with E-state index >= 15 is 0 Å². The molecule has 2 aromatic rings. The molecule has 1 aromatic heterocycles. The summed E-state index contributed by atoms with van der Waals surface area (Å²) < 4.78 is 0. The molecular formula is C14H15N5. The van der Waals surface area contributed by atoms with Crippen LogP contribution >= 0.6 is 0 Å². The number of hydrogen-bond acceptors (Lipinski definition) is 5. The van der Waals surface area contributed by atoms with Gasteiger partial charge in [-0.05, 0) is 31.2 Å². The number of benzene rings is 1. The molecule has 0 aliphatic rings. The second kappa shape index (κ2) is 5.83. The molecule has 0 fully saturated rings. The monoisotopic (exact) mass is 253 g/mol. The number of rotatable bonds is 4. The minimum Gasteiger partial charge on any atom is -0.354 e. The highest BCUT2D eigenvalue weighted by atomic mass is 15.2. The van der Waals surface area contributed by atoms with Gasteiger partial charge in [0.1, 0.15) is 5.82 Å². The lowest BCUT2D eigenvalue weighted by molar-refractivity contribution is 1.05. The van der Waals surface area contributed by atoms with Crippen LogP contribution in [0.3, 0.4) is 0 Å². The maximum Gasteiger partial charge on any atom is 0.224 e. The Morgan fingerprint density at radius 3 is 2.95 bits per heavy atom. The average molecular weight is 253 g/mol. The molecule has 96 valence electrons. The Bertz CT molecular complexity index is 603. The van der Waals surface area contributed by atoms with Crippen LogP contribution in [0.25, 0.3) is 0 Å². The molecule has 0 aliphatic carbocycles. The first kappa shape index (κ1) is 12.8. The summed E-state index contributed by atoms with van der Waals surface area (Å²) in [6.45, 7) is 2.77. The van der Waals surface area contributed by atoms with Crippen LogP contribution in [0.1, 0.15) is 12.5 Å². The van der Waals surface area contributed by atoms with Gasteiger partial charge in [0.15, 0.2) is 0 Å². The van der Waals surface area contributed by atoms with Crippen molar-refractivity contribution in [3.8, 4) is 6.07 Å². The molecule has 0 amide bonds. The minimum absolute atomic E-state index is 0.600. The van der Waals surface area contributed by atoms with Gasteiger partial charge in [0, 0.05) is 25.5 Å². The molecular weight excluding hydrogens is 238 g/mol. The van der Waals surface area contributed by atoms with Crippen molar-refractivity contribution in [2.75, 3.05) is 23.8 Å². The van der Waals surface area contributed by atoms with Crippen LogP contribution in [0.5, 0.6) is 0 Å². The minimum atomic E-state index is 0.600. The van der Waals surface area contributed by atoms with Crippen LogP contribution < -0.4 is 10.2 Å². The number of aromatic nitrogens is 2. The summed E-state index contributed by atoms with van der Waals surface area (Å²) in [6, 6.07) is 11.4. The van der Waals surface area contributed by atoms with E-state index in [9.17, 15) is 0 Å². The Balaban J connectivity index is 2.30. The summed E-state index contributed by atoms with van der Waals surface area (Å²) >= 11 is 0. The molecule has 0 saturated heterocycles. The summed E-state index contributed by atoms with van der Waals surface area (Å²) in [5.41, 5.74) is 1.55. The normalized spacial score (nSPS) is 9.74. The van der Waals surface area contributed by atoms with Crippen molar-refractivity contribution >= 4 is 17.5 Å². The molecule has 1 aromatic carbocycles. The lowest BCUT2D eigenvalue weighted by Crippen LogP contribution is -2.13. The third-order valence-corrected chi connectivity index (χ3v) is 2.68. The Kier molecular flexibility index (Phi) is 3.94. The van der Waals surface area contributed by atoms with E-state index in [1.807, 2.05) is 43.1 Å².